The highest BCUT2D eigenvalue weighted by atomic mass is 16.1. The summed E-state index contributed by atoms with van der Waals surface area (Å²) in [6, 6.07) is 0. The number of carbonyl (C=O) groups is 1. The Hall–Kier alpha value is -3.01. The molecule has 0 saturated heterocycles. The average Bonchev–Trinajstić information content (AvgIpc) is 3.17. The molecule has 2 N–H and O–H groups in total. The molecule has 0 aliphatic carbocycles. The van der Waals surface area contributed by atoms with Crippen LogP contribution in [0.4, 0.5) is 5.69 Å². The highest BCUT2D eigenvalue weighted by Crippen LogP contribution is 2.29. The van der Waals surface area contributed by atoms with Crippen molar-refractivity contribution in [1.29, 1.82) is 0 Å². The molecule has 0 fully saturated rings. The minimum Gasteiger partial charge on any atom is -0.325 e. The molecule has 3 heterocycles. The predicted molar refractivity (Wildman–Crippen MR) is 103 cm³/mol. The minimum absolute atomic E-state index is 0.118. The van der Waals surface area contributed by atoms with Crippen LogP contribution in [0, 0.1) is 11.8 Å². The fraction of sp³-hybridized carbons (Fsp3) is 0.421. The van der Waals surface area contributed by atoms with Gasteiger partial charge >= 0.3 is 0 Å². The average molecular weight is 353 g/mol. The van der Waals surface area contributed by atoms with Crippen LogP contribution in [0.2, 0.25) is 0 Å². The van der Waals surface area contributed by atoms with Crippen LogP contribution in [0.1, 0.15) is 40.0 Å². The number of rotatable bonds is 6. The summed E-state index contributed by atoms with van der Waals surface area (Å²) < 4.78 is 3.55. The molecular weight excluding hydrogens is 330 g/mol. The van der Waals surface area contributed by atoms with E-state index in [0.29, 0.717) is 48.2 Å². The van der Waals surface area contributed by atoms with Gasteiger partial charge in [-0.05, 0) is 13.3 Å². The number of nitrogens with one attached hydrogen (secondary N) is 2. The SMILES string of the molecule is CC#CCCn1[nH]cc2c(NC(=O)CC)c3c(=O)n(CCC)cc3nc21. The summed E-state index contributed by atoms with van der Waals surface area (Å²) in [5.74, 6) is 5.78. The van der Waals surface area contributed by atoms with Gasteiger partial charge in [-0.2, -0.15) is 0 Å². The number of carbonyl (C=O) groups excluding carboxylic acids is 1. The zero-order valence-corrected chi connectivity index (χ0v) is 15.3. The lowest BCUT2D eigenvalue weighted by Crippen LogP contribution is -2.17. The Labute approximate surface area is 151 Å². The Kier molecular flexibility index (Phi) is 5.12. The highest BCUT2D eigenvalue weighted by molar-refractivity contribution is 6.11. The van der Waals surface area contributed by atoms with E-state index in [2.05, 4.69) is 27.2 Å². The molecule has 26 heavy (non-hydrogen) atoms. The van der Waals surface area contributed by atoms with Crippen molar-refractivity contribution in [3.05, 3.63) is 22.7 Å². The molecule has 7 nitrogen and oxygen atoms in total. The van der Waals surface area contributed by atoms with E-state index in [1.54, 1.807) is 23.9 Å². The van der Waals surface area contributed by atoms with E-state index in [4.69, 9.17) is 0 Å². The Bertz CT molecular complexity index is 1070. The lowest BCUT2D eigenvalue weighted by molar-refractivity contribution is -0.115. The number of hydrogen-bond donors (Lipinski definition) is 2. The maximum absolute atomic E-state index is 12.8. The fourth-order valence-corrected chi connectivity index (χ4v) is 3.04. The van der Waals surface area contributed by atoms with Crippen LogP contribution in [0.5, 0.6) is 0 Å². The normalized spacial score (nSPS) is 10.9. The third-order valence-electron chi connectivity index (χ3n) is 4.30. The van der Waals surface area contributed by atoms with Crippen LogP contribution in [-0.2, 0) is 17.9 Å². The second-order valence-electron chi connectivity index (χ2n) is 6.12. The van der Waals surface area contributed by atoms with E-state index < -0.39 is 0 Å². The number of H-pyrrole nitrogens is 1. The molecule has 3 rings (SSSR count). The monoisotopic (exact) mass is 353 g/mol. The summed E-state index contributed by atoms with van der Waals surface area (Å²) in [5, 5.41) is 7.25. The molecule has 0 radical (unpaired) electrons. The van der Waals surface area contributed by atoms with Gasteiger partial charge in [0.25, 0.3) is 5.56 Å². The molecule has 0 spiro atoms. The Morgan fingerprint density at radius 1 is 1.35 bits per heavy atom. The molecule has 1 amide bonds. The number of fused-ring (bicyclic) bond motifs is 2. The van der Waals surface area contributed by atoms with E-state index in [0.717, 1.165) is 11.8 Å². The summed E-state index contributed by atoms with van der Waals surface area (Å²) in [5.41, 5.74) is 1.72. The van der Waals surface area contributed by atoms with Crippen LogP contribution in [0.3, 0.4) is 0 Å². The summed E-state index contributed by atoms with van der Waals surface area (Å²) in [7, 11) is 0. The smallest absolute Gasteiger partial charge is 0.262 e. The van der Waals surface area contributed by atoms with Gasteiger partial charge in [0, 0.05) is 31.8 Å². The fourth-order valence-electron chi connectivity index (χ4n) is 3.04. The first-order valence-electron chi connectivity index (χ1n) is 8.90. The van der Waals surface area contributed by atoms with E-state index >= 15 is 0 Å². The van der Waals surface area contributed by atoms with Crippen LogP contribution in [0.15, 0.2) is 17.2 Å². The molecule has 0 aliphatic heterocycles. The van der Waals surface area contributed by atoms with Crippen molar-refractivity contribution in [3.63, 3.8) is 0 Å². The Balaban J connectivity index is 2.24. The van der Waals surface area contributed by atoms with E-state index in [9.17, 15) is 9.59 Å². The van der Waals surface area contributed by atoms with Gasteiger partial charge in [0.05, 0.1) is 28.5 Å². The quantitative estimate of drug-likeness (QED) is 0.668. The summed E-state index contributed by atoms with van der Waals surface area (Å²) >= 11 is 0. The molecule has 0 bridgehead atoms. The first-order chi connectivity index (χ1) is 12.6. The van der Waals surface area contributed by atoms with Gasteiger partial charge in [0.2, 0.25) is 5.91 Å². The third-order valence-corrected chi connectivity index (χ3v) is 4.30. The van der Waals surface area contributed by atoms with Gasteiger partial charge < -0.3 is 15.0 Å². The molecule has 3 aromatic rings. The van der Waals surface area contributed by atoms with Crippen LogP contribution < -0.4 is 10.9 Å². The van der Waals surface area contributed by atoms with Crippen molar-refractivity contribution < 1.29 is 4.79 Å². The zero-order valence-electron chi connectivity index (χ0n) is 15.3. The van der Waals surface area contributed by atoms with E-state index in [1.165, 1.54) is 0 Å². The summed E-state index contributed by atoms with van der Waals surface area (Å²) in [4.78, 5) is 29.5. The Morgan fingerprint density at radius 2 is 2.15 bits per heavy atom. The van der Waals surface area contributed by atoms with Gasteiger partial charge in [-0.3, -0.25) is 14.3 Å². The highest BCUT2D eigenvalue weighted by Gasteiger charge is 2.19. The van der Waals surface area contributed by atoms with Gasteiger partial charge in [-0.25, -0.2) is 4.98 Å². The standard InChI is InChI=1S/C19H23N5O2/c1-4-7-8-10-24-18-13(11-20-24)17(22-15(25)6-3)16-14(21-18)12-23(9-5-2)19(16)26/h11-12,20H,5-6,8-10H2,1-3H3,(H,22,25). The molecule has 0 aromatic carbocycles. The second kappa shape index (κ2) is 7.48. The largest absolute Gasteiger partial charge is 0.325 e. The van der Waals surface area contributed by atoms with Gasteiger partial charge in [0.15, 0.2) is 5.65 Å². The summed E-state index contributed by atoms with van der Waals surface area (Å²) in [6.07, 6.45) is 5.43. The van der Waals surface area contributed by atoms with Crippen LogP contribution in [-0.4, -0.2) is 25.2 Å². The molecule has 0 aliphatic rings. The van der Waals surface area contributed by atoms with Gasteiger partial charge in [-0.15, -0.1) is 11.8 Å². The lowest BCUT2D eigenvalue weighted by Gasteiger charge is -2.07. The lowest BCUT2D eigenvalue weighted by atomic mass is 10.2. The van der Waals surface area contributed by atoms with E-state index in [-0.39, 0.29) is 11.5 Å². The van der Waals surface area contributed by atoms with Gasteiger partial charge in [0.1, 0.15) is 0 Å². The maximum atomic E-state index is 12.8. The molecule has 136 valence electrons. The number of aryl methyl sites for hydroxylation is 2. The van der Waals surface area contributed by atoms with Crippen molar-refractivity contribution in [3.8, 4) is 11.8 Å². The molecule has 0 saturated carbocycles. The van der Waals surface area contributed by atoms with Crippen molar-refractivity contribution in [1.82, 2.24) is 19.3 Å². The van der Waals surface area contributed by atoms with Crippen LogP contribution >= 0.6 is 0 Å². The number of anilines is 1. The molecule has 7 heteroatoms. The van der Waals surface area contributed by atoms with E-state index in [1.807, 2.05) is 18.5 Å². The van der Waals surface area contributed by atoms with Crippen molar-refractivity contribution in [2.45, 2.75) is 53.1 Å². The molecular formula is C19H23N5O2. The molecule has 0 atom stereocenters. The first-order valence-corrected chi connectivity index (χ1v) is 8.90. The number of pyridine rings is 1. The zero-order chi connectivity index (χ0) is 18.7. The number of amides is 1. The second-order valence-corrected chi connectivity index (χ2v) is 6.12. The Morgan fingerprint density at radius 3 is 2.85 bits per heavy atom. The molecule has 0 unspecified atom stereocenters. The maximum Gasteiger partial charge on any atom is 0.262 e. The van der Waals surface area contributed by atoms with Crippen molar-refractivity contribution in [2.75, 3.05) is 5.32 Å². The summed E-state index contributed by atoms with van der Waals surface area (Å²) in [6.45, 7) is 6.89. The minimum atomic E-state index is -0.133. The predicted octanol–water partition coefficient (Wildman–Crippen LogP) is 2.85. The van der Waals surface area contributed by atoms with Gasteiger partial charge in [-0.1, -0.05) is 13.8 Å². The van der Waals surface area contributed by atoms with Crippen molar-refractivity contribution in [2.24, 2.45) is 0 Å². The number of hydrogen-bond acceptors (Lipinski definition) is 3. The molecule has 3 aromatic heterocycles. The topological polar surface area (TPSA) is 84.7 Å². The van der Waals surface area contributed by atoms with Crippen molar-refractivity contribution >= 4 is 33.5 Å². The number of aromatic nitrogens is 4. The first kappa shape index (κ1) is 17.8. The number of aromatic amines is 1. The third kappa shape index (κ3) is 3.10. The van der Waals surface area contributed by atoms with Crippen LogP contribution in [0.25, 0.3) is 21.9 Å². The number of nitrogens with zero attached hydrogens (tertiary/aromatic N) is 3.